The molecule has 16 heavy (non-hydrogen) atoms. The van der Waals surface area contributed by atoms with Crippen molar-refractivity contribution in [3.63, 3.8) is 0 Å². The van der Waals surface area contributed by atoms with Crippen molar-refractivity contribution < 1.29 is 13.9 Å². The number of methoxy groups -OCH3 is 1. The van der Waals surface area contributed by atoms with Crippen LogP contribution in [0.15, 0.2) is 16.7 Å². The molecule has 0 amide bonds. The first kappa shape index (κ1) is 11.2. The van der Waals surface area contributed by atoms with Crippen LogP contribution in [0.5, 0.6) is 0 Å². The molecule has 0 atom stereocenters. The van der Waals surface area contributed by atoms with E-state index in [1.165, 1.54) is 32.6 Å². The summed E-state index contributed by atoms with van der Waals surface area (Å²) in [5.41, 5.74) is 0.867. The summed E-state index contributed by atoms with van der Waals surface area (Å²) in [4.78, 5) is 11.3. The van der Waals surface area contributed by atoms with Crippen molar-refractivity contribution in [3.05, 3.63) is 23.7 Å². The van der Waals surface area contributed by atoms with E-state index in [0.717, 1.165) is 18.0 Å². The van der Waals surface area contributed by atoms with Gasteiger partial charge in [-0.15, -0.1) is 0 Å². The summed E-state index contributed by atoms with van der Waals surface area (Å²) in [6, 6.07) is 1.81. The van der Waals surface area contributed by atoms with E-state index in [-0.39, 0.29) is 0 Å². The van der Waals surface area contributed by atoms with Gasteiger partial charge in [-0.1, -0.05) is 6.42 Å². The Labute approximate surface area is 95.0 Å². The molecule has 0 aliphatic heterocycles. The summed E-state index contributed by atoms with van der Waals surface area (Å²) in [7, 11) is 1.36. The van der Waals surface area contributed by atoms with Gasteiger partial charge in [-0.2, -0.15) is 0 Å². The van der Waals surface area contributed by atoms with Crippen molar-refractivity contribution in [2.45, 2.75) is 25.8 Å². The maximum atomic E-state index is 11.3. The Bertz CT molecular complexity index is 355. The second-order valence-electron chi connectivity index (χ2n) is 4.19. The van der Waals surface area contributed by atoms with Crippen LogP contribution in [0.25, 0.3) is 0 Å². The molecule has 0 aromatic carbocycles. The van der Waals surface area contributed by atoms with Crippen molar-refractivity contribution in [3.8, 4) is 0 Å². The first-order chi connectivity index (χ1) is 7.81. The van der Waals surface area contributed by atoms with Gasteiger partial charge in [0, 0.05) is 12.1 Å². The summed E-state index contributed by atoms with van der Waals surface area (Å²) >= 11 is 0. The topological polar surface area (TPSA) is 51.5 Å². The average molecular weight is 223 g/mol. The van der Waals surface area contributed by atoms with Crippen LogP contribution in [0.3, 0.4) is 0 Å². The lowest BCUT2D eigenvalue weighted by molar-refractivity contribution is 0.0563. The molecule has 1 saturated carbocycles. The maximum Gasteiger partial charge on any atom is 0.374 e. The molecule has 0 unspecified atom stereocenters. The molecule has 1 aromatic rings. The van der Waals surface area contributed by atoms with Gasteiger partial charge < -0.3 is 14.5 Å². The van der Waals surface area contributed by atoms with Gasteiger partial charge in [0.25, 0.3) is 0 Å². The zero-order chi connectivity index (χ0) is 11.4. The van der Waals surface area contributed by atoms with Crippen molar-refractivity contribution in [1.82, 2.24) is 5.32 Å². The minimum absolute atomic E-state index is 0.309. The Morgan fingerprint density at radius 1 is 1.62 bits per heavy atom. The fourth-order valence-corrected chi connectivity index (χ4v) is 1.85. The van der Waals surface area contributed by atoms with E-state index >= 15 is 0 Å². The van der Waals surface area contributed by atoms with Crippen molar-refractivity contribution >= 4 is 5.97 Å². The SMILES string of the molecule is COC(=O)c1occc1CNCC1CCC1. The molecule has 1 N–H and O–H groups in total. The van der Waals surface area contributed by atoms with Gasteiger partial charge in [-0.25, -0.2) is 4.79 Å². The van der Waals surface area contributed by atoms with E-state index in [1.54, 1.807) is 6.07 Å². The summed E-state index contributed by atoms with van der Waals surface area (Å²) in [6.07, 6.45) is 5.52. The Morgan fingerprint density at radius 2 is 2.44 bits per heavy atom. The lowest BCUT2D eigenvalue weighted by Crippen LogP contribution is -2.27. The van der Waals surface area contributed by atoms with E-state index in [9.17, 15) is 4.79 Å². The molecule has 2 rings (SSSR count). The molecular formula is C12H17NO3. The molecule has 1 aliphatic rings. The van der Waals surface area contributed by atoms with Crippen molar-refractivity contribution in [2.24, 2.45) is 5.92 Å². The van der Waals surface area contributed by atoms with Gasteiger partial charge in [0.1, 0.15) is 0 Å². The van der Waals surface area contributed by atoms with Gasteiger partial charge in [0.2, 0.25) is 5.76 Å². The van der Waals surface area contributed by atoms with Gasteiger partial charge in [-0.05, 0) is 31.4 Å². The zero-order valence-electron chi connectivity index (χ0n) is 9.49. The summed E-state index contributed by atoms with van der Waals surface area (Å²) in [6.45, 7) is 1.68. The van der Waals surface area contributed by atoms with E-state index in [1.807, 2.05) is 0 Å². The number of hydrogen-bond acceptors (Lipinski definition) is 4. The lowest BCUT2D eigenvalue weighted by Gasteiger charge is -2.25. The average Bonchev–Trinajstić information content (AvgIpc) is 2.69. The van der Waals surface area contributed by atoms with Crippen LogP contribution in [-0.4, -0.2) is 19.6 Å². The predicted octanol–water partition coefficient (Wildman–Crippen LogP) is 1.96. The third-order valence-corrected chi connectivity index (χ3v) is 3.09. The highest BCUT2D eigenvalue weighted by Crippen LogP contribution is 2.25. The summed E-state index contributed by atoms with van der Waals surface area (Å²) < 4.78 is 9.74. The Morgan fingerprint density at radius 3 is 3.06 bits per heavy atom. The number of carbonyl (C=O) groups is 1. The molecule has 1 fully saturated rings. The predicted molar refractivity (Wildman–Crippen MR) is 59.1 cm³/mol. The molecule has 0 saturated heterocycles. The Balaban J connectivity index is 1.83. The highest BCUT2D eigenvalue weighted by molar-refractivity contribution is 5.87. The number of rotatable bonds is 5. The molecule has 88 valence electrons. The monoisotopic (exact) mass is 223 g/mol. The van der Waals surface area contributed by atoms with Crippen LogP contribution in [-0.2, 0) is 11.3 Å². The molecule has 4 nitrogen and oxygen atoms in total. The molecule has 1 heterocycles. The molecule has 1 aliphatic carbocycles. The normalized spacial score (nSPS) is 15.8. The summed E-state index contributed by atoms with van der Waals surface area (Å²) in [5.74, 6) is 0.711. The van der Waals surface area contributed by atoms with Gasteiger partial charge in [-0.3, -0.25) is 0 Å². The van der Waals surface area contributed by atoms with Crippen LogP contribution >= 0.6 is 0 Å². The van der Waals surface area contributed by atoms with Crippen molar-refractivity contribution in [1.29, 1.82) is 0 Å². The molecule has 0 bridgehead atoms. The van der Waals surface area contributed by atoms with Crippen LogP contribution in [0.2, 0.25) is 0 Å². The first-order valence-corrected chi connectivity index (χ1v) is 5.66. The quantitative estimate of drug-likeness (QED) is 0.775. The Hall–Kier alpha value is -1.29. The highest BCUT2D eigenvalue weighted by Gasteiger charge is 2.18. The molecule has 0 spiro atoms. The van der Waals surface area contributed by atoms with E-state index in [4.69, 9.17) is 4.42 Å². The van der Waals surface area contributed by atoms with Crippen LogP contribution in [0.4, 0.5) is 0 Å². The number of esters is 1. The zero-order valence-corrected chi connectivity index (χ0v) is 9.49. The molecule has 0 radical (unpaired) electrons. The molecule has 1 aromatic heterocycles. The number of ether oxygens (including phenoxy) is 1. The van der Waals surface area contributed by atoms with E-state index in [2.05, 4.69) is 10.1 Å². The minimum atomic E-state index is -0.412. The fourth-order valence-electron chi connectivity index (χ4n) is 1.85. The smallest absolute Gasteiger partial charge is 0.374 e. The second-order valence-corrected chi connectivity index (χ2v) is 4.19. The second kappa shape index (κ2) is 5.16. The maximum absolute atomic E-state index is 11.3. The summed E-state index contributed by atoms with van der Waals surface area (Å²) in [5, 5.41) is 3.34. The van der Waals surface area contributed by atoms with Gasteiger partial charge in [0.15, 0.2) is 0 Å². The first-order valence-electron chi connectivity index (χ1n) is 5.66. The number of furan rings is 1. The fraction of sp³-hybridized carbons (Fsp3) is 0.583. The van der Waals surface area contributed by atoms with Crippen molar-refractivity contribution in [2.75, 3.05) is 13.7 Å². The van der Waals surface area contributed by atoms with E-state index < -0.39 is 5.97 Å². The standard InChI is InChI=1S/C12H17NO3/c1-15-12(14)11-10(5-6-16-11)8-13-7-9-3-2-4-9/h5-6,9,13H,2-4,7-8H2,1H3. The number of hydrogen-bond donors (Lipinski definition) is 1. The van der Waals surface area contributed by atoms with E-state index in [0.29, 0.717) is 12.3 Å². The number of nitrogens with one attached hydrogen (secondary N) is 1. The van der Waals surface area contributed by atoms with Gasteiger partial charge >= 0.3 is 5.97 Å². The van der Waals surface area contributed by atoms with Crippen LogP contribution in [0, 0.1) is 5.92 Å². The molecule has 4 heteroatoms. The highest BCUT2D eigenvalue weighted by atomic mass is 16.5. The Kier molecular flexibility index (Phi) is 3.62. The third kappa shape index (κ3) is 2.44. The van der Waals surface area contributed by atoms with Gasteiger partial charge in [0.05, 0.1) is 13.4 Å². The third-order valence-electron chi connectivity index (χ3n) is 3.09. The van der Waals surface area contributed by atoms with Crippen LogP contribution < -0.4 is 5.32 Å². The minimum Gasteiger partial charge on any atom is -0.463 e. The largest absolute Gasteiger partial charge is 0.463 e. The molecular weight excluding hydrogens is 206 g/mol. The number of carbonyl (C=O) groups excluding carboxylic acids is 1. The van der Waals surface area contributed by atoms with Crippen LogP contribution in [0.1, 0.15) is 35.4 Å². The lowest BCUT2D eigenvalue weighted by atomic mass is 9.85.